The van der Waals surface area contributed by atoms with Gasteiger partial charge in [0, 0.05) is 25.5 Å². The van der Waals surface area contributed by atoms with Crippen molar-refractivity contribution in [2.75, 3.05) is 13.2 Å². The number of carbonyl (C=O) groups is 1. The van der Waals surface area contributed by atoms with Crippen molar-refractivity contribution in [2.45, 2.75) is 25.6 Å². The Morgan fingerprint density at radius 3 is 3.13 bits per heavy atom. The van der Waals surface area contributed by atoms with Crippen LogP contribution in [-0.2, 0) is 16.1 Å². The Hall–Kier alpha value is -2.25. The fourth-order valence-electron chi connectivity index (χ4n) is 2.60. The minimum atomic E-state index is -0.376. The zero-order valence-corrected chi connectivity index (χ0v) is 12.8. The fourth-order valence-corrected chi connectivity index (χ4v) is 2.60. The van der Waals surface area contributed by atoms with Gasteiger partial charge in [0.1, 0.15) is 11.9 Å². The molecule has 0 unspecified atom stereocenters. The molecule has 1 fully saturated rings. The molecule has 23 heavy (non-hydrogen) atoms. The summed E-state index contributed by atoms with van der Waals surface area (Å²) in [7, 11) is 0. The highest BCUT2D eigenvalue weighted by atomic mass is 19.1. The number of hydrogen-bond acceptors (Lipinski definition) is 4. The first-order valence-corrected chi connectivity index (χ1v) is 7.54. The van der Waals surface area contributed by atoms with E-state index in [4.69, 9.17) is 4.74 Å². The van der Waals surface area contributed by atoms with Gasteiger partial charge in [-0.05, 0) is 24.6 Å². The summed E-state index contributed by atoms with van der Waals surface area (Å²) in [5.41, 5.74) is 1.12. The number of imidazole rings is 1. The Kier molecular flexibility index (Phi) is 4.68. The molecule has 1 aromatic carbocycles. The first-order valence-electron chi connectivity index (χ1n) is 7.54. The molecule has 2 heterocycles. The summed E-state index contributed by atoms with van der Waals surface area (Å²) in [6, 6.07) is 4.50. The molecule has 6 nitrogen and oxygen atoms in total. The number of amides is 1. The van der Waals surface area contributed by atoms with Crippen LogP contribution in [0, 0.1) is 5.82 Å². The Labute approximate surface area is 133 Å². The van der Waals surface area contributed by atoms with E-state index in [0.29, 0.717) is 24.4 Å². The molecule has 2 N–H and O–H groups in total. The van der Waals surface area contributed by atoms with Crippen LogP contribution >= 0.6 is 0 Å². The standard InChI is InChI=1S/C16H19FN4O2/c1-11-15(19-5-7-23-11)16(22)20-9-12-2-3-14(13(17)8-12)21-6-4-18-10-21/h2-4,6,8,10-11,15,19H,5,7,9H2,1H3,(H,20,22)/t11-,15+/m1/s1. The molecule has 3 rings (SSSR count). The van der Waals surface area contributed by atoms with E-state index in [2.05, 4.69) is 15.6 Å². The third-order valence-corrected chi connectivity index (χ3v) is 3.86. The Morgan fingerprint density at radius 1 is 1.57 bits per heavy atom. The van der Waals surface area contributed by atoms with E-state index >= 15 is 0 Å². The highest BCUT2D eigenvalue weighted by molar-refractivity contribution is 5.82. The molecule has 0 bridgehead atoms. The molecule has 122 valence electrons. The second-order valence-corrected chi connectivity index (χ2v) is 5.48. The molecule has 2 aromatic rings. The van der Waals surface area contributed by atoms with E-state index in [1.54, 1.807) is 29.1 Å². The lowest BCUT2D eigenvalue weighted by atomic mass is 10.1. The van der Waals surface area contributed by atoms with Gasteiger partial charge in [0.25, 0.3) is 0 Å². The lowest BCUT2D eigenvalue weighted by Gasteiger charge is -2.29. The van der Waals surface area contributed by atoms with Gasteiger partial charge in [-0.2, -0.15) is 0 Å². The summed E-state index contributed by atoms with van der Waals surface area (Å²) in [6.07, 6.45) is 4.63. The number of benzene rings is 1. The zero-order valence-electron chi connectivity index (χ0n) is 12.8. The fraction of sp³-hybridized carbons (Fsp3) is 0.375. The lowest BCUT2D eigenvalue weighted by Crippen LogP contribution is -2.55. The second kappa shape index (κ2) is 6.89. The normalized spacial score (nSPS) is 21.1. The molecule has 0 aliphatic carbocycles. The number of aromatic nitrogens is 2. The zero-order chi connectivity index (χ0) is 16.2. The molecular formula is C16H19FN4O2. The maximum absolute atomic E-state index is 14.2. The minimum absolute atomic E-state index is 0.142. The van der Waals surface area contributed by atoms with Crippen molar-refractivity contribution in [3.8, 4) is 5.69 Å². The number of nitrogens with zero attached hydrogens (tertiary/aromatic N) is 2. The lowest BCUT2D eigenvalue weighted by molar-refractivity contribution is -0.129. The van der Waals surface area contributed by atoms with E-state index in [-0.39, 0.29) is 30.4 Å². The second-order valence-electron chi connectivity index (χ2n) is 5.48. The van der Waals surface area contributed by atoms with Crippen molar-refractivity contribution >= 4 is 5.91 Å². The largest absolute Gasteiger partial charge is 0.375 e. The predicted octanol–water partition coefficient (Wildman–Crippen LogP) is 1.00. The van der Waals surface area contributed by atoms with E-state index < -0.39 is 0 Å². The molecule has 7 heteroatoms. The molecule has 1 aliphatic heterocycles. The Morgan fingerprint density at radius 2 is 2.43 bits per heavy atom. The summed E-state index contributed by atoms with van der Waals surface area (Å²) in [6.45, 7) is 3.38. The molecule has 2 atom stereocenters. The van der Waals surface area contributed by atoms with Crippen LogP contribution in [0.1, 0.15) is 12.5 Å². The highest BCUT2D eigenvalue weighted by Crippen LogP contribution is 2.15. The van der Waals surface area contributed by atoms with Crippen molar-refractivity contribution in [2.24, 2.45) is 0 Å². The smallest absolute Gasteiger partial charge is 0.240 e. The quantitative estimate of drug-likeness (QED) is 0.883. The number of carbonyl (C=O) groups excluding carboxylic acids is 1. The summed E-state index contributed by atoms with van der Waals surface area (Å²) in [5, 5.41) is 5.94. The van der Waals surface area contributed by atoms with Crippen molar-refractivity contribution in [1.29, 1.82) is 0 Å². The summed E-state index contributed by atoms with van der Waals surface area (Å²) < 4.78 is 21.2. The highest BCUT2D eigenvalue weighted by Gasteiger charge is 2.27. The molecule has 1 saturated heterocycles. The van der Waals surface area contributed by atoms with Crippen LogP contribution in [0.3, 0.4) is 0 Å². The molecule has 1 amide bonds. The van der Waals surface area contributed by atoms with Gasteiger partial charge < -0.3 is 19.9 Å². The van der Waals surface area contributed by atoms with Crippen molar-refractivity contribution in [3.63, 3.8) is 0 Å². The van der Waals surface area contributed by atoms with Gasteiger partial charge in [-0.25, -0.2) is 9.37 Å². The van der Waals surface area contributed by atoms with Gasteiger partial charge in [0.15, 0.2) is 0 Å². The number of morpholine rings is 1. The summed E-state index contributed by atoms with van der Waals surface area (Å²) in [4.78, 5) is 16.1. The van der Waals surface area contributed by atoms with E-state index in [0.717, 1.165) is 0 Å². The maximum atomic E-state index is 14.2. The van der Waals surface area contributed by atoms with Gasteiger partial charge in [0.05, 0.1) is 24.7 Å². The number of ether oxygens (including phenoxy) is 1. The maximum Gasteiger partial charge on any atom is 0.240 e. The van der Waals surface area contributed by atoms with Crippen LogP contribution in [0.5, 0.6) is 0 Å². The van der Waals surface area contributed by atoms with Crippen LogP contribution in [0.15, 0.2) is 36.9 Å². The average Bonchev–Trinajstić information content (AvgIpc) is 3.07. The van der Waals surface area contributed by atoms with E-state index in [9.17, 15) is 9.18 Å². The topological polar surface area (TPSA) is 68.2 Å². The van der Waals surface area contributed by atoms with Crippen LogP contribution in [0.25, 0.3) is 5.69 Å². The number of nitrogens with one attached hydrogen (secondary N) is 2. The van der Waals surface area contributed by atoms with E-state index in [1.807, 2.05) is 6.92 Å². The van der Waals surface area contributed by atoms with Crippen LogP contribution in [0.2, 0.25) is 0 Å². The number of halogens is 1. The van der Waals surface area contributed by atoms with Gasteiger partial charge in [0.2, 0.25) is 5.91 Å². The molecule has 0 spiro atoms. The van der Waals surface area contributed by atoms with E-state index in [1.165, 1.54) is 12.4 Å². The Bertz CT molecular complexity index is 675. The Balaban J connectivity index is 1.62. The third kappa shape index (κ3) is 3.57. The third-order valence-electron chi connectivity index (χ3n) is 3.86. The predicted molar refractivity (Wildman–Crippen MR) is 82.6 cm³/mol. The number of rotatable bonds is 4. The first kappa shape index (κ1) is 15.6. The molecule has 1 aromatic heterocycles. The summed E-state index contributed by atoms with van der Waals surface area (Å²) >= 11 is 0. The van der Waals surface area contributed by atoms with Crippen LogP contribution in [-0.4, -0.2) is 40.8 Å². The molecule has 0 saturated carbocycles. The monoisotopic (exact) mass is 318 g/mol. The van der Waals surface area contributed by atoms with Crippen LogP contribution < -0.4 is 10.6 Å². The van der Waals surface area contributed by atoms with Crippen LogP contribution in [0.4, 0.5) is 4.39 Å². The van der Waals surface area contributed by atoms with Crippen molar-refractivity contribution in [3.05, 3.63) is 48.3 Å². The molecule has 0 radical (unpaired) electrons. The molecular weight excluding hydrogens is 299 g/mol. The molecule has 1 aliphatic rings. The summed E-state index contributed by atoms with van der Waals surface area (Å²) in [5.74, 6) is -0.501. The van der Waals surface area contributed by atoms with Gasteiger partial charge in [-0.15, -0.1) is 0 Å². The van der Waals surface area contributed by atoms with Gasteiger partial charge in [-0.1, -0.05) is 6.07 Å². The van der Waals surface area contributed by atoms with Crippen molar-refractivity contribution < 1.29 is 13.9 Å². The minimum Gasteiger partial charge on any atom is -0.375 e. The first-order chi connectivity index (χ1) is 11.1. The number of hydrogen-bond donors (Lipinski definition) is 2. The van der Waals surface area contributed by atoms with Gasteiger partial charge in [-0.3, -0.25) is 4.79 Å². The average molecular weight is 318 g/mol. The SMILES string of the molecule is C[C@H]1OCCN[C@@H]1C(=O)NCc1ccc(-n2ccnc2)c(F)c1. The van der Waals surface area contributed by atoms with Crippen molar-refractivity contribution in [1.82, 2.24) is 20.2 Å². The van der Waals surface area contributed by atoms with Gasteiger partial charge >= 0.3 is 0 Å².